The van der Waals surface area contributed by atoms with Crippen LogP contribution in [0.5, 0.6) is 11.6 Å². The van der Waals surface area contributed by atoms with Crippen LogP contribution in [0.1, 0.15) is 29.9 Å². The first kappa shape index (κ1) is 17.0. The molecule has 3 aromatic rings. The van der Waals surface area contributed by atoms with Gasteiger partial charge in [-0.3, -0.25) is 14.8 Å². The number of rotatable bonds is 4. The second-order valence-corrected chi connectivity index (χ2v) is 6.68. The van der Waals surface area contributed by atoms with Crippen LogP contribution in [0.3, 0.4) is 0 Å². The van der Waals surface area contributed by atoms with Gasteiger partial charge in [-0.05, 0) is 32.0 Å². The molecule has 138 valence electrons. The number of H-pyrrole nitrogens is 1. The van der Waals surface area contributed by atoms with Crippen LogP contribution in [-0.4, -0.2) is 40.3 Å². The molecular weight excluding hydrogens is 346 g/mol. The van der Waals surface area contributed by atoms with Crippen LogP contribution in [-0.2, 0) is 5.54 Å². The fourth-order valence-corrected chi connectivity index (χ4v) is 3.42. The lowest BCUT2D eigenvalue weighted by atomic mass is 9.98. The smallest absolute Gasteiger partial charge is 0.261 e. The number of carbonyl (C=O) groups is 1. The number of anilines is 1. The van der Waals surface area contributed by atoms with Gasteiger partial charge in [-0.1, -0.05) is 0 Å². The Bertz CT molecular complexity index is 1010. The number of aromatic nitrogens is 4. The van der Waals surface area contributed by atoms with Gasteiger partial charge in [-0.25, -0.2) is 9.97 Å². The predicted octanol–water partition coefficient (Wildman–Crippen LogP) is 2.78. The van der Waals surface area contributed by atoms with Gasteiger partial charge in [0.25, 0.3) is 11.8 Å². The molecule has 0 aliphatic carbocycles. The maximum absolute atomic E-state index is 12.9. The molecule has 0 saturated heterocycles. The predicted molar refractivity (Wildman–Crippen MR) is 99.0 cm³/mol. The van der Waals surface area contributed by atoms with Gasteiger partial charge >= 0.3 is 0 Å². The Kier molecular flexibility index (Phi) is 3.83. The van der Waals surface area contributed by atoms with E-state index in [1.165, 1.54) is 7.11 Å². The van der Waals surface area contributed by atoms with E-state index in [-0.39, 0.29) is 5.91 Å². The van der Waals surface area contributed by atoms with Crippen LogP contribution in [0.25, 0.3) is 11.3 Å². The van der Waals surface area contributed by atoms with Gasteiger partial charge in [0.1, 0.15) is 0 Å². The molecule has 8 heteroatoms. The van der Waals surface area contributed by atoms with Gasteiger partial charge in [0.05, 0.1) is 48.6 Å². The Hall–Kier alpha value is -3.42. The first-order chi connectivity index (χ1) is 13.0. The molecule has 0 atom stereocenters. The lowest BCUT2D eigenvalue weighted by molar-refractivity contribution is 0.0982. The summed E-state index contributed by atoms with van der Waals surface area (Å²) in [6, 6.07) is 5.44. The highest BCUT2D eigenvalue weighted by atomic mass is 16.5. The molecular formula is C19H19N5O3. The number of methoxy groups -OCH3 is 2. The van der Waals surface area contributed by atoms with Crippen molar-refractivity contribution in [3.63, 3.8) is 0 Å². The van der Waals surface area contributed by atoms with Gasteiger partial charge in [-0.15, -0.1) is 0 Å². The van der Waals surface area contributed by atoms with Gasteiger partial charge in [0, 0.05) is 18.0 Å². The van der Waals surface area contributed by atoms with Crippen molar-refractivity contribution in [2.24, 2.45) is 0 Å². The molecule has 0 aromatic carbocycles. The van der Waals surface area contributed by atoms with Gasteiger partial charge < -0.3 is 9.47 Å². The van der Waals surface area contributed by atoms with Crippen molar-refractivity contribution < 1.29 is 14.3 Å². The summed E-state index contributed by atoms with van der Waals surface area (Å²) >= 11 is 0. The molecule has 27 heavy (non-hydrogen) atoms. The Balaban J connectivity index is 1.80. The van der Waals surface area contributed by atoms with Gasteiger partial charge in [0.2, 0.25) is 0 Å². The molecule has 4 rings (SSSR count). The number of pyridine rings is 2. The second kappa shape index (κ2) is 6.08. The number of hydrogen-bond acceptors (Lipinski definition) is 6. The second-order valence-electron chi connectivity index (χ2n) is 6.68. The number of amides is 1. The topological polar surface area (TPSA) is 93.2 Å². The van der Waals surface area contributed by atoms with E-state index in [1.807, 2.05) is 26.0 Å². The van der Waals surface area contributed by atoms with E-state index >= 15 is 0 Å². The summed E-state index contributed by atoms with van der Waals surface area (Å²) in [7, 11) is 3.10. The van der Waals surface area contributed by atoms with Gasteiger partial charge in [-0.2, -0.15) is 5.10 Å². The van der Waals surface area contributed by atoms with Crippen LogP contribution in [0.15, 0.2) is 36.8 Å². The zero-order chi connectivity index (χ0) is 19.2. The number of carbonyl (C=O) groups excluding carboxylic acids is 1. The molecule has 1 aliphatic rings. The van der Waals surface area contributed by atoms with E-state index in [2.05, 4.69) is 15.2 Å². The van der Waals surface area contributed by atoms with Crippen LogP contribution in [0.2, 0.25) is 0 Å². The van der Waals surface area contributed by atoms with E-state index in [0.717, 1.165) is 5.56 Å². The standard InChI is InChI=1S/C19H19N5O3/c1-19(2)16-13(18(25)24(19)12-9-21-22-10-12)5-6-14(23-16)11-7-15(26-3)17(27-4)20-8-11/h5-10H,1-4H3,(H,21,22). The molecule has 0 fully saturated rings. The Morgan fingerprint density at radius 2 is 1.96 bits per heavy atom. The number of hydrogen-bond donors (Lipinski definition) is 1. The minimum absolute atomic E-state index is 0.0964. The Morgan fingerprint density at radius 3 is 2.63 bits per heavy atom. The minimum atomic E-state index is -0.615. The first-order valence-electron chi connectivity index (χ1n) is 8.40. The average Bonchev–Trinajstić information content (AvgIpc) is 3.26. The van der Waals surface area contributed by atoms with Gasteiger partial charge in [0.15, 0.2) is 5.75 Å². The molecule has 0 bridgehead atoms. The summed E-state index contributed by atoms with van der Waals surface area (Å²) in [4.78, 5) is 23.7. The molecule has 4 heterocycles. The molecule has 0 spiro atoms. The zero-order valence-corrected chi connectivity index (χ0v) is 15.5. The molecule has 0 radical (unpaired) electrons. The number of fused-ring (bicyclic) bond motifs is 1. The number of nitrogens with zero attached hydrogens (tertiary/aromatic N) is 4. The van der Waals surface area contributed by atoms with Crippen molar-refractivity contribution in [1.29, 1.82) is 0 Å². The quantitative estimate of drug-likeness (QED) is 0.764. The fourth-order valence-electron chi connectivity index (χ4n) is 3.42. The molecule has 8 nitrogen and oxygen atoms in total. The van der Waals surface area contributed by atoms with E-state index in [1.54, 1.807) is 36.7 Å². The van der Waals surface area contributed by atoms with Crippen LogP contribution in [0, 0.1) is 0 Å². The normalized spacial score (nSPS) is 15.0. The summed E-state index contributed by atoms with van der Waals surface area (Å²) in [5.41, 5.74) is 2.87. The highest BCUT2D eigenvalue weighted by Crippen LogP contribution is 2.41. The maximum Gasteiger partial charge on any atom is 0.261 e. The van der Waals surface area contributed by atoms with Crippen molar-refractivity contribution in [3.8, 4) is 22.9 Å². The summed E-state index contributed by atoms with van der Waals surface area (Å²) in [6.45, 7) is 3.93. The molecule has 1 N–H and O–H groups in total. The zero-order valence-electron chi connectivity index (χ0n) is 15.5. The molecule has 0 unspecified atom stereocenters. The average molecular weight is 365 g/mol. The third-order valence-electron chi connectivity index (χ3n) is 4.74. The number of nitrogens with one attached hydrogen (secondary N) is 1. The highest BCUT2D eigenvalue weighted by molar-refractivity contribution is 6.11. The van der Waals surface area contributed by atoms with E-state index in [9.17, 15) is 4.79 Å². The van der Waals surface area contributed by atoms with Crippen molar-refractivity contribution in [2.45, 2.75) is 19.4 Å². The summed E-state index contributed by atoms with van der Waals surface area (Å²) in [6.07, 6.45) is 5.00. The van der Waals surface area contributed by atoms with E-state index in [4.69, 9.17) is 14.5 Å². The minimum Gasteiger partial charge on any atom is -0.491 e. The van der Waals surface area contributed by atoms with Crippen molar-refractivity contribution >= 4 is 11.6 Å². The Labute approximate surface area is 156 Å². The van der Waals surface area contributed by atoms with Crippen molar-refractivity contribution in [3.05, 3.63) is 48.0 Å². The van der Waals surface area contributed by atoms with Crippen LogP contribution >= 0.6 is 0 Å². The summed E-state index contributed by atoms with van der Waals surface area (Å²) in [5.74, 6) is 0.831. The lowest BCUT2D eigenvalue weighted by Gasteiger charge is -2.30. The summed E-state index contributed by atoms with van der Waals surface area (Å²) in [5, 5.41) is 6.71. The highest BCUT2D eigenvalue weighted by Gasteiger charge is 2.45. The first-order valence-corrected chi connectivity index (χ1v) is 8.40. The van der Waals surface area contributed by atoms with Crippen LogP contribution < -0.4 is 14.4 Å². The largest absolute Gasteiger partial charge is 0.491 e. The maximum atomic E-state index is 12.9. The van der Waals surface area contributed by atoms with E-state index < -0.39 is 5.54 Å². The van der Waals surface area contributed by atoms with Crippen LogP contribution in [0.4, 0.5) is 5.69 Å². The van der Waals surface area contributed by atoms with E-state index in [0.29, 0.717) is 34.3 Å². The summed E-state index contributed by atoms with van der Waals surface area (Å²) < 4.78 is 10.5. The monoisotopic (exact) mass is 365 g/mol. The van der Waals surface area contributed by atoms with Crippen molar-refractivity contribution in [1.82, 2.24) is 20.2 Å². The molecule has 3 aromatic heterocycles. The lowest BCUT2D eigenvalue weighted by Crippen LogP contribution is -2.39. The molecule has 1 aliphatic heterocycles. The Morgan fingerprint density at radius 1 is 1.15 bits per heavy atom. The number of ether oxygens (including phenoxy) is 2. The van der Waals surface area contributed by atoms with Crippen molar-refractivity contribution in [2.75, 3.05) is 19.1 Å². The third kappa shape index (κ3) is 2.52. The molecule has 1 amide bonds. The SMILES string of the molecule is COc1cc(-c2ccc3c(n2)C(C)(C)N(c2cn[nH]c2)C3=O)cnc1OC. The molecule has 0 saturated carbocycles. The third-order valence-corrected chi connectivity index (χ3v) is 4.74. The fraction of sp³-hybridized carbons (Fsp3) is 0.263. The number of aromatic amines is 1.